The largest absolute Gasteiger partial charge is 0.490 e. The Labute approximate surface area is 198 Å². The first-order valence-corrected chi connectivity index (χ1v) is 12.9. The molecule has 11 heteroatoms. The Morgan fingerprint density at radius 3 is 2.76 bits per heavy atom. The van der Waals surface area contributed by atoms with Gasteiger partial charge in [0.05, 0.1) is 17.7 Å². The van der Waals surface area contributed by atoms with E-state index in [9.17, 15) is 8.42 Å². The summed E-state index contributed by atoms with van der Waals surface area (Å²) < 4.78 is 51.7. The zero-order valence-corrected chi connectivity index (χ0v) is 20.7. The highest BCUT2D eigenvalue weighted by atomic mass is 32.2. The zero-order chi connectivity index (χ0) is 24.6. The van der Waals surface area contributed by atoms with Crippen LogP contribution in [-0.4, -0.2) is 72.4 Å². The Balaban J connectivity index is 1.55. The van der Waals surface area contributed by atoms with Crippen molar-refractivity contribution in [2.75, 3.05) is 32.7 Å². The molecule has 2 aromatic rings. The fourth-order valence-electron chi connectivity index (χ4n) is 3.90. The van der Waals surface area contributed by atoms with E-state index in [0.717, 1.165) is 11.3 Å². The molecule has 0 saturated heterocycles. The molecule has 1 aliphatic carbocycles. The summed E-state index contributed by atoms with van der Waals surface area (Å²) in [4.78, 5) is 10.5. The van der Waals surface area contributed by atoms with Gasteiger partial charge in [0.15, 0.2) is 11.6 Å². The predicted octanol–water partition coefficient (Wildman–Crippen LogP) is 3.03. The van der Waals surface area contributed by atoms with Crippen molar-refractivity contribution in [3.63, 3.8) is 0 Å². The third-order valence-electron chi connectivity index (χ3n) is 5.85. The number of rotatable bonds is 9. The van der Waals surface area contributed by atoms with E-state index in [1.807, 2.05) is 32.8 Å². The molecule has 0 bridgehead atoms. The first-order valence-electron chi connectivity index (χ1n) is 10.9. The summed E-state index contributed by atoms with van der Waals surface area (Å²) in [5, 5.41) is 4.23. The van der Waals surface area contributed by atoms with Crippen LogP contribution in [0.25, 0.3) is 5.52 Å². The van der Waals surface area contributed by atoms with E-state index < -0.39 is 15.7 Å². The molecule has 0 spiro atoms. The maximum atomic E-state index is 15.0. The maximum absolute atomic E-state index is 15.0. The molecule has 0 amide bonds. The second-order valence-corrected chi connectivity index (χ2v) is 11.0. The van der Waals surface area contributed by atoms with E-state index in [-0.39, 0.29) is 23.4 Å². The minimum absolute atomic E-state index is 0.0801. The molecule has 2 aliphatic rings. The molecule has 2 aromatic heterocycles. The highest BCUT2D eigenvalue weighted by molar-refractivity contribution is 7.90. The monoisotopic (exact) mass is 489 g/mol. The lowest BCUT2D eigenvalue weighted by atomic mass is 10.0. The number of hydrogen-bond donors (Lipinski definition) is 0. The van der Waals surface area contributed by atoms with Gasteiger partial charge in [0.1, 0.15) is 34.0 Å². The molecular weight excluding hydrogens is 461 g/mol. The smallest absolute Gasteiger partial charge is 0.247 e. The molecule has 9 nitrogen and oxygen atoms in total. The topological polar surface area (TPSA) is 98.4 Å². The number of ether oxygens (including phenoxy) is 2. The number of aryl methyl sites for hydroxylation is 1. The molecule has 4 rings (SSSR count). The van der Waals surface area contributed by atoms with Crippen molar-refractivity contribution < 1.29 is 22.3 Å². The average Bonchev–Trinajstić information content (AvgIpc) is 3.29. The zero-order valence-electron chi connectivity index (χ0n) is 19.9. The predicted molar refractivity (Wildman–Crippen MR) is 128 cm³/mol. The van der Waals surface area contributed by atoms with E-state index in [4.69, 9.17) is 9.47 Å². The van der Waals surface area contributed by atoms with E-state index in [2.05, 4.69) is 15.1 Å². The van der Waals surface area contributed by atoms with Crippen molar-refractivity contribution in [1.29, 1.82) is 0 Å². The lowest BCUT2D eigenvalue weighted by Crippen LogP contribution is -2.35. The number of aromatic nitrogens is 3. The number of likely N-dealkylation sites (N-methyl/N-ethyl adjacent to an activating group) is 1. The van der Waals surface area contributed by atoms with Crippen molar-refractivity contribution in [3.05, 3.63) is 53.1 Å². The molecule has 0 N–H and O–H groups in total. The summed E-state index contributed by atoms with van der Waals surface area (Å²) in [5.41, 5.74) is 3.19. The van der Waals surface area contributed by atoms with Crippen LogP contribution in [0.2, 0.25) is 0 Å². The molecule has 1 unspecified atom stereocenters. The lowest BCUT2D eigenvalue weighted by molar-refractivity contribution is 0.181. The van der Waals surface area contributed by atoms with Crippen LogP contribution < -0.4 is 9.47 Å². The first kappa shape index (κ1) is 24.1. The van der Waals surface area contributed by atoms with E-state index in [1.54, 1.807) is 22.9 Å². The van der Waals surface area contributed by atoms with Gasteiger partial charge in [-0.2, -0.15) is 10.1 Å². The van der Waals surface area contributed by atoms with Gasteiger partial charge in [0, 0.05) is 35.6 Å². The number of fused-ring (bicyclic) bond motifs is 2. The van der Waals surface area contributed by atoms with Crippen molar-refractivity contribution in [1.82, 2.24) is 19.5 Å². The van der Waals surface area contributed by atoms with Crippen molar-refractivity contribution in [3.8, 4) is 11.6 Å². The molecule has 34 heavy (non-hydrogen) atoms. The average molecular weight is 490 g/mol. The molecule has 0 saturated carbocycles. The van der Waals surface area contributed by atoms with Crippen LogP contribution in [-0.2, 0) is 9.84 Å². The quantitative estimate of drug-likeness (QED) is 0.534. The number of allylic oxidation sites excluding steroid dienone is 5. The third-order valence-corrected chi connectivity index (χ3v) is 6.82. The van der Waals surface area contributed by atoms with Crippen molar-refractivity contribution in [2.45, 2.75) is 32.7 Å². The molecule has 182 valence electrons. The summed E-state index contributed by atoms with van der Waals surface area (Å²) in [6, 6.07) is -0.0918. The third kappa shape index (κ3) is 5.05. The molecular formula is C23H28FN5O4S. The Morgan fingerprint density at radius 2 is 2.06 bits per heavy atom. The first-order chi connectivity index (χ1) is 16.0. The van der Waals surface area contributed by atoms with Crippen LogP contribution >= 0.6 is 0 Å². The summed E-state index contributed by atoms with van der Waals surface area (Å²) in [6.07, 6.45) is 8.55. The van der Waals surface area contributed by atoms with Gasteiger partial charge in [-0.1, -0.05) is 0 Å². The molecule has 1 aliphatic heterocycles. The highest BCUT2D eigenvalue weighted by Gasteiger charge is 2.26. The summed E-state index contributed by atoms with van der Waals surface area (Å²) in [5.74, 6) is 0.480. The summed E-state index contributed by atoms with van der Waals surface area (Å²) >= 11 is 0. The van der Waals surface area contributed by atoms with Gasteiger partial charge in [-0.05, 0) is 46.5 Å². The van der Waals surface area contributed by atoms with Crippen LogP contribution in [0.3, 0.4) is 0 Å². The Kier molecular flexibility index (Phi) is 6.59. The van der Waals surface area contributed by atoms with Crippen LogP contribution in [0, 0.1) is 6.92 Å². The number of halogens is 1. The van der Waals surface area contributed by atoms with Gasteiger partial charge in [-0.3, -0.25) is 4.99 Å². The fraction of sp³-hybridized carbons (Fsp3) is 0.435. The SMILES string of the molecule is CC1=CC2=C(F)C(Oc3ncnn4cc(OCC(CCS(C)(=O)=O)N(C)C)c(C)c34)=CCC2=N1. The number of sulfone groups is 1. The van der Waals surface area contributed by atoms with Crippen molar-refractivity contribution in [2.24, 2.45) is 4.99 Å². The fourth-order valence-corrected chi connectivity index (χ4v) is 4.60. The lowest BCUT2D eigenvalue weighted by Gasteiger charge is -2.24. The second kappa shape index (κ2) is 9.30. The van der Waals surface area contributed by atoms with Gasteiger partial charge < -0.3 is 14.4 Å². The van der Waals surface area contributed by atoms with Crippen LogP contribution in [0.4, 0.5) is 4.39 Å². The normalized spacial score (nSPS) is 17.0. The van der Waals surface area contributed by atoms with E-state index in [0.29, 0.717) is 42.0 Å². The van der Waals surface area contributed by atoms with Gasteiger partial charge in [-0.25, -0.2) is 17.3 Å². The summed E-state index contributed by atoms with van der Waals surface area (Å²) in [7, 11) is 0.699. The van der Waals surface area contributed by atoms with Crippen molar-refractivity contribution >= 4 is 21.1 Å². The molecule has 0 fully saturated rings. The van der Waals surface area contributed by atoms with Crippen LogP contribution in [0.15, 0.2) is 52.5 Å². The minimum atomic E-state index is -3.07. The Morgan fingerprint density at radius 1 is 1.29 bits per heavy atom. The Bertz CT molecular complexity index is 1350. The molecule has 0 radical (unpaired) electrons. The van der Waals surface area contributed by atoms with Gasteiger partial charge in [0.25, 0.3) is 0 Å². The highest BCUT2D eigenvalue weighted by Crippen LogP contribution is 2.35. The number of aliphatic imine (C=N–C) groups is 1. The Hall–Kier alpha value is -3.05. The maximum Gasteiger partial charge on any atom is 0.247 e. The van der Waals surface area contributed by atoms with E-state index >= 15 is 4.39 Å². The molecule has 1 atom stereocenters. The van der Waals surface area contributed by atoms with Gasteiger partial charge >= 0.3 is 0 Å². The van der Waals surface area contributed by atoms with Gasteiger partial charge in [-0.15, -0.1) is 0 Å². The minimum Gasteiger partial charge on any atom is -0.490 e. The van der Waals surface area contributed by atoms with Gasteiger partial charge in [0.2, 0.25) is 5.88 Å². The van der Waals surface area contributed by atoms with E-state index in [1.165, 1.54) is 12.6 Å². The standard InChI is InChI=1S/C23H28FN5O4S/c1-14-10-17-18(27-14)6-7-19(21(17)24)33-23-22-15(2)20(11-29(22)26-13-25-23)32-12-16(28(3)4)8-9-34(5,30)31/h7,10-11,13,16H,6,8-9,12H2,1-5H3. The number of hydrogen-bond acceptors (Lipinski definition) is 8. The summed E-state index contributed by atoms with van der Waals surface area (Å²) in [6.45, 7) is 3.97. The van der Waals surface area contributed by atoms with Crippen LogP contribution in [0.1, 0.15) is 25.3 Å². The second-order valence-electron chi connectivity index (χ2n) is 8.77. The molecule has 3 heterocycles. The van der Waals surface area contributed by atoms with Crippen LogP contribution in [0.5, 0.6) is 11.6 Å². The number of nitrogens with zero attached hydrogens (tertiary/aromatic N) is 5. The molecule has 0 aromatic carbocycles.